The maximum atomic E-state index is 13.2. The summed E-state index contributed by atoms with van der Waals surface area (Å²) in [6.45, 7) is 1.83. The number of hydrogen-bond donors (Lipinski definition) is 0. The third kappa shape index (κ3) is 2.08. The number of nitrogens with zero attached hydrogens (tertiary/aromatic N) is 3. The van der Waals surface area contributed by atoms with E-state index in [-0.39, 0.29) is 5.82 Å². The van der Waals surface area contributed by atoms with Crippen molar-refractivity contribution in [3.63, 3.8) is 0 Å². The number of pyridine rings is 1. The molecular formula is C13H11ClFN3. The second-order valence-corrected chi connectivity index (χ2v) is 4.87. The van der Waals surface area contributed by atoms with Crippen molar-refractivity contribution in [1.82, 2.24) is 15.0 Å². The first-order valence-corrected chi connectivity index (χ1v) is 6.18. The summed E-state index contributed by atoms with van der Waals surface area (Å²) in [6, 6.07) is 1.41. The smallest absolute Gasteiger partial charge is 0.142 e. The van der Waals surface area contributed by atoms with E-state index < -0.39 is 0 Å². The van der Waals surface area contributed by atoms with Crippen molar-refractivity contribution in [1.29, 1.82) is 0 Å². The summed E-state index contributed by atoms with van der Waals surface area (Å²) in [5, 5.41) is 0.436. The average Bonchev–Trinajstić information content (AvgIpc) is 3.16. The van der Waals surface area contributed by atoms with Gasteiger partial charge in [-0.1, -0.05) is 11.6 Å². The lowest BCUT2D eigenvalue weighted by atomic mass is 10.1. The lowest BCUT2D eigenvalue weighted by molar-refractivity contribution is 0.622. The van der Waals surface area contributed by atoms with E-state index in [1.54, 1.807) is 6.20 Å². The predicted molar refractivity (Wildman–Crippen MR) is 66.9 cm³/mol. The molecule has 2 heterocycles. The summed E-state index contributed by atoms with van der Waals surface area (Å²) in [4.78, 5) is 12.6. The Bertz CT molecular complexity index is 611. The Morgan fingerprint density at radius 1 is 1.28 bits per heavy atom. The molecule has 5 heteroatoms. The zero-order valence-electron chi connectivity index (χ0n) is 9.82. The molecule has 0 N–H and O–H groups in total. The van der Waals surface area contributed by atoms with Gasteiger partial charge in [-0.25, -0.2) is 14.4 Å². The van der Waals surface area contributed by atoms with Crippen LogP contribution in [0.2, 0.25) is 5.15 Å². The number of hydrogen-bond acceptors (Lipinski definition) is 3. The van der Waals surface area contributed by atoms with Gasteiger partial charge in [0.1, 0.15) is 16.8 Å². The molecule has 1 saturated carbocycles. The quantitative estimate of drug-likeness (QED) is 0.778. The molecule has 0 unspecified atom stereocenters. The third-order valence-corrected chi connectivity index (χ3v) is 3.39. The van der Waals surface area contributed by atoms with Gasteiger partial charge in [-0.15, -0.1) is 0 Å². The van der Waals surface area contributed by atoms with Crippen molar-refractivity contribution in [3.05, 3.63) is 40.8 Å². The molecule has 92 valence electrons. The molecule has 0 aliphatic heterocycles. The van der Waals surface area contributed by atoms with Crippen molar-refractivity contribution >= 4 is 11.6 Å². The molecule has 0 bridgehead atoms. The zero-order chi connectivity index (χ0) is 12.7. The van der Waals surface area contributed by atoms with Gasteiger partial charge in [0.2, 0.25) is 0 Å². The lowest BCUT2D eigenvalue weighted by Crippen LogP contribution is -2.00. The molecule has 0 spiro atoms. The number of halogens is 2. The van der Waals surface area contributed by atoms with Gasteiger partial charge in [-0.2, -0.15) is 0 Å². The molecule has 3 rings (SSSR count). The van der Waals surface area contributed by atoms with Crippen LogP contribution < -0.4 is 0 Å². The van der Waals surface area contributed by atoms with Crippen molar-refractivity contribution in [2.45, 2.75) is 25.7 Å². The van der Waals surface area contributed by atoms with Gasteiger partial charge in [0, 0.05) is 23.2 Å². The standard InChI is InChI=1S/C13H11ClFN3/c1-7-11(9-4-10(15)6-16-5-9)17-13(8-2-3-8)18-12(7)14/h4-6,8H,2-3H2,1H3. The Balaban J connectivity index is 2.15. The summed E-state index contributed by atoms with van der Waals surface area (Å²) >= 11 is 6.12. The molecule has 0 amide bonds. The zero-order valence-corrected chi connectivity index (χ0v) is 10.6. The van der Waals surface area contributed by atoms with E-state index in [9.17, 15) is 4.39 Å². The molecule has 18 heavy (non-hydrogen) atoms. The van der Waals surface area contributed by atoms with E-state index in [1.165, 1.54) is 12.3 Å². The summed E-state index contributed by atoms with van der Waals surface area (Å²) in [5.41, 5.74) is 2.07. The second-order valence-electron chi connectivity index (χ2n) is 4.51. The Morgan fingerprint density at radius 2 is 2.06 bits per heavy atom. The first-order chi connectivity index (χ1) is 8.65. The van der Waals surface area contributed by atoms with Crippen LogP contribution in [0, 0.1) is 12.7 Å². The molecule has 1 fully saturated rings. The molecule has 0 radical (unpaired) electrons. The summed E-state index contributed by atoms with van der Waals surface area (Å²) in [5.74, 6) is 0.780. The van der Waals surface area contributed by atoms with Crippen LogP contribution in [0.1, 0.15) is 30.1 Å². The molecule has 2 aromatic heterocycles. The fraction of sp³-hybridized carbons (Fsp3) is 0.308. The van der Waals surface area contributed by atoms with E-state index in [1.807, 2.05) is 6.92 Å². The SMILES string of the molecule is Cc1c(Cl)nc(C2CC2)nc1-c1cncc(F)c1. The average molecular weight is 264 g/mol. The largest absolute Gasteiger partial charge is 0.261 e. The minimum absolute atomic E-state index is 0.380. The topological polar surface area (TPSA) is 38.7 Å². The lowest BCUT2D eigenvalue weighted by Gasteiger charge is -2.08. The summed E-state index contributed by atoms with van der Waals surface area (Å²) in [7, 11) is 0. The molecule has 1 aliphatic carbocycles. The predicted octanol–water partition coefficient (Wildman–Crippen LogP) is 3.52. The van der Waals surface area contributed by atoms with Crippen molar-refractivity contribution < 1.29 is 4.39 Å². The number of aromatic nitrogens is 3. The highest BCUT2D eigenvalue weighted by Crippen LogP contribution is 2.39. The van der Waals surface area contributed by atoms with Crippen LogP contribution in [0.4, 0.5) is 4.39 Å². The van der Waals surface area contributed by atoms with Gasteiger partial charge in [0.05, 0.1) is 11.9 Å². The monoisotopic (exact) mass is 263 g/mol. The second kappa shape index (κ2) is 4.28. The number of rotatable bonds is 2. The molecule has 3 nitrogen and oxygen atoms in total. The Morgan fingerprint density at radius 3 is 2.72 bits per heavy atom. The first-order valence-electron chi connectivity index (χ1n) is 5.80. The van der Waals surface area contributed by atoms with Crippen molar-refractivity contribution in [3.8, 4) is 11.3 Å². The summed E-state index contributed by atoms with van der Waals surface area (Å²) in [6.07, 6.45) is 4.95. The van der Waals surface area contributed by atoms with Crippen LogP contribution in [0.3, 0.4) is 0 Å². The van der Waals surface area contributed by atoms with Gasteiger partial charge in [-0.3, -0.25) is 4.98 Å². The van der Waals surface area contributed by atoms with Crippen LogP contribution in [-0.2, 0) is 0 Å². The van der Waals surface area contributed by atoms with Crippen molar-refractivity contribution in [2.75, 3.05) is 0 Å². The van der Waals surface area contributed by atoms with E-state index in [4.69, 9.17) is 11.6 Å². The van der Waals surface area contributed by atoms with Gasteiger partial charge in [-0.05, 0) is 25.8 Å². The van der Waals surface area contributed by atoms with E-state index in [2.05, 4.69) is 15.0 Å². The van der Waals surface area contributed by atoms with E-state index >= 15 is 0 Å². The molecule has 0 atom stereocenters. The van der Waals surface area contributed by atoms with Crippen LogP contribution in [-0.4, -0.2) is 15.0 Å². The fourth-order valence-electron chi connectivity index (χ4n) is 1.85. The highest BCUT2D eigenvalue weighted by Gasteiger charge is 2.28. The van der Waals surface area contributed by atoms with Gasteiger partial charge in [0.15, 0.2) is 0 Å². The maximum absolute atomic E-state index is 13.2. The Hall–Kier alpha value is -1.55. The minimum atomic E-state index is -0.380. The highest BCUT2D eigenvalue weighted by atomic mass is 35.5. The summed E-state index contributed by atoms with van der Waals surface area (Å²) < 4.78 is 13.2. The van der Waals surface area contributed by atoms with E-state index in [0.717, 1.165) is 24.2 Å². The molecule has 0 aromatic carbocycles. The van der Waals surface area contributed by atoms with Crippen LogP contribution in [0.15, 0.2) is 18.5 Å². The fourth-order valence-corrected chi connectivity index (χ4v) is 2.03. The normalized spacial score (nSPS) is 14.8. The van der Waals surface area contributed by atoms with Crippen molar-refractivity contribution in [2.24, 2.45) is 0 Å². The van der Waals surface area contributed by atoms with Crippen LogP contribution in [0.5, 0.6) is 0 Å². The molecule has 1 aliphatic rings. The maximum Gasteiger partial charge on any atom is 0.142 e. The third-order valence-electron chi connectivity index (χ3n) is 3.02. The molecule has 2 aromatic rings. The first kappa shape index (κ1) is 11.5. The van der Waals surface area contributed by atoms with Gasteiger partial charge >= 0.3 is 0 Å². The minimum Gasteiger partial charge on any atom is -0.261 e. The van der Waals surface area contributed by atoms with E-state index in [0.29, 0.717) is 22.3 Å². The Kier molecular flexibility index (Phi) is 2.74. The van der Waals surface area contributed by atoms with Gasteiger partial charge < -0.3 is 0 Å². The molecule has 0 saturated heterocycles. The van der Waals surface area contributed by atoms with Gasteiger partial charge in [0.25, 0.3) is 0 Å². The van der Waals surface area contributed by atoms with Crippen LogP contribution >= 0.6 is 11.6 Å². The van der Waals surface area contributed by atoms with Crippen LogP contribution in [0.25, 0.3) is 11.3 Å². The Labute approximate surface area is 109 Å². The molecular weight excluding hydrogens is 253 g/mol. The highest BCUT2D eigenvalue weighted by molar-refractivity contribution is 6.30.